The molecule has 0 aromatic heterocycles. The second-order valence-electron chi connectivity index (χ2n) is 6.31. The lowest BCUT2D eigenvalue weighted by molar-refractivity contribution is -0.213. The second-order valence-corrected chi connectivity index (χ2v) is 6.31. The van der Waals surface area contributed by atoms with E-state index in [4.69, 9.17) is 9.84 Å². The number of ether oxygens (including phenoxy) is 1. The van der Waals surface area contributed by atoms with E-state index in [-0.39, 0.29) is 0 Å². The third kappa shape index (κ3) is 1.57. The standard InChI is InChI=1S/C14H20O4/c1-2-14(18-13(17)12(15)16)10-4-8-3-9(6-10)7-11(14)5-8/h8-11H,2-7H2,1H3,(H,15,16). The van der Waals surface area contributed by atoms with E-state index in [0.717, 1.165) is 43.9 Å². The van der Waals surface area contributed by atoms with Crippen molar-refractivity contribution in [1.82, 2.24) is 0 Å². The molecule has 1 N–H and O–H groups in total. The van der Waals surface area contributed by atoms with Gasteiger partial charge in [-0.1, -0.05) is 6.92 Å². The number of hydrogen-bond acceptors (Lipinski definition) is 3. The molecule has 4 bridgehead atoms. The summed E-state index contributed by atoms with van der Waals surface area (Å²) in [4.78, 5) is 22.2. The van der Waals surface area contributed by atoms with E-state index in [2.05, 4.69) is 0 Å². The molecule has 4 aliphatic carbocycles. The molecule has 0 aromatic carbocycles. The number of hydrogen-bond donors (Lipinski definition) is 1. The van der Waals surface area contributed by atoms with Crippen molar-refractivity contribution in [2.24, 2.45) is 23.7 Å². The molecule has 4 nitrogen and oxygen atoms in total. The van der Waals surface area contributed by atoms with Crippen molar-refractivity contribution in [3.8, 4) is 0 Å². The Bertz CT molecular complexity index is 359. The van der Waals surface area contributed by atoms with Crippen LogP contribution in [0.15, 0.2) is 0 Å². The summed E-state index contributed by atoms with van der Waals surface area (Å²) in [5.74, 6) is -0.170. The summed E-state index contributed by atoms with van der Waals surface area (Å²) in [5, 5.41) is 8.77. The van der Waals surface area contributed by atoms with Crippen LogP contribution in [-0.2, 0) is 14.3 Å². The zero-order valence-electron chi connectivity index (χ0n) is 10.7. The number of carboxylic acid groups (broad SMARTS) is 1. The quantitative estimate of drug-likeness (QED) is 0.604. The maximum atomic E-state index is 11.5. The second kappa shape index (κ2) is 3.97. The van der Waals surface area contributed by atoms with Crippen molar-refractivity contribution in [3.63, 3.8) is 0 Å². The first kappa shape index (κ1) is 12.0. The minimum atomic E-state index is -1.46. The largest absolute Gasteiger partial charge is 0.473 e. The number of carbonyl (C=O) groups excluding carboxylic acids is 1. The summed E-state index contributed by atoms with van der Waals surface area (Å²) in [6, 6.07) is 0. The molecule has 0 saturated heterocycles. The number of carbonyl (C=O) groups is 2. The minimum absolute atomic E-state index is 0.391. The Kier molecular flexibility index (Phi) is 2.65. The molecule has 0 aromatic rings. The Balaban J connectivity index is 1.87. The van der Waals surface area contributed by atoms with E-state index in [1.165, 1.54) is 6.42 Å². The van der Waals surface area contributed by atoms with E-state index in [1.807, 2.05) is 6.92 Å². The normalized spacial score (nSPS) is 44.9. The topological polar surface area (TPSA) is 63.6 Å². The molecule has 0 unspecified atom stereocenters. The minimum Gasteiger partial charge on any atom is -0.473 e. The van der Waals surface area contributed by atoms with Gasteiger partial charge in [-0.2, -0.15) is 0 Å². The molecule has 18 heavy (non-hydrogen) atoms. The van der Waals surface area contributed by atoms with Gasteiger partial charge in [0.1, 0.15) is 5.60 Å². The van der Waals surface area contributed by atoms with E-state index in [9.17, 15) is 9.59 Å². The molecule has 0 spiro atoms. The van der Waals surface area contributed by atoms with Gasteiger partial charge in [0, 0.05) is 0 Å². The van der Waals surface area contributed by atoms with Gasteiger partial charge in [0.25, 0.3) is 0 Å². The van der Waals surface area contributed by atoms with E-state index < -0.39 is 17.5 Å². The zero-order valence-corrected chi connectivity index (χ0v) is 10.7. The van der Waals surface area contributed by atoms with Gasteiger partial charge in [0.05, 0.1) is 0 Å². The molecule has 4 saturated carbocycles. The van der Waals surface area contributed by atoms with Crippen molar-refractivity contribution in [3.05, 3.63) is 0 Å². The van der Waals surface area contributed by atoms with E-state index in [1.54, 1.807) is 0 Å². The van der Waals surface area contributed by atoms with Crippen molar-refractivity contribution in [2.75, 3.05) is 0 Å². The maximum absolute atomic E-state index is 11.5. The third-order valence-corrected chi connectivity index (χ3v) is 5.53. The average molecular weight is 252 g/mol. The van der Waals surface area contributed by atoms with Gasteiger partial charge in [-0.15, -0.1) is 0 Å². The van der Waals surface area contributed by atoms with Gasteiger partial charge in [0.15, 0.2) is 0 Å². The molecule has 4 fully saturated rings. The first-order valence-electron chi connectivity index (χ1n) is 7.01. The molecule has 100 valence electrons. The van der Waals surface area contributed by atoms with Gasteiger partial charge >= 0.3 is 11.9 Å². The first-order valence-corrected chi connectivity index (χ1v) is 7.01. The van der Waals surface area contributed by atoms with Crippen LogP contribution >= 0.6 is 0 Å². The Morgan fingerprint density at radius 2 is 1.61 bits per heavy atom. The van der Waals surface area contributed by atoms with Crippen molar-refractivity contribution < 1.29 is 19.4 Å². The predicted octanol–water partition coefficient (Wildman–Crippen LogP) is 2.22. The van der Waals surface area contributed by atoms with Crippen LogP contribution in [0.2, 0.25) is 0 Å². The summed E-state index contributed by atoms with van der Waals surface area (Å²) in [5.41, 5.74) is -0.483. The maximum Gasteiger partial charge on any atom is 0.417 e. The van der Waals surface area contributed by atoms with Crippen LogP contribution in [-0.4, -0.2) is 22.6 Å². The van der Waals surface area contributed by atoms with Gasteiger partial charge in [0.2, 0.25) is 0 Å². The highest BCUT2D eigenvalue weighted by Gasteiger charge is 2.58. The lowest BCUT2D eigenvalue weighted by Gasteiger charge is -2.60. The highest BCUT2D eigenvalue weighted by Crippen LogP contribution is 2.60. The van der Waals surface area contributed by atoms with Crippen LogP contribution in [0.3, 0.4) is 0 Å². The van der Waals surface area contributed by atoms with Crippen LogP contribution in [0.5, 0.6) is 0 Å². The van der Waals surface area contributed by atoms with Crippen molar-refractivity contribution in [2.45, 2.75) is 51.0 Å². The Morgan fingerprint density at radius 1 is 1.11 bits per heavy atom. The SMILES string of the molecule is CCC1(OC(=O)C(=O)O)C2CC3CC(C2)CC1C3. The van der Waals surface area contributed by atoms with Crippen LogP contribution in [0.25, 0.3) is 0 Å². The summed E-state index contributed by atoms with van der Waals surface area (Å²) in [6.07, 6.45) is 6.56. The van der Waals surface area contributed by atoms with Crippen LogP contribution in [0.1, 0.15) is 45.4 Å². The lowest BCUT2D eigenvalue weighted by Crippen LogP contribution is -2.59. The van der Waals surface area contributed by atoms with Gasteiger partial charge in [-0.25, -0.2) is 9.59 Å². The molecular formula is C14H20O4. The predicted molar refractivity (Wildman–Crippen MR) is 63.8 cm³/mol. The first-order chi connectivity index (χ1) is 8.55. The lowest BCUT2D eigenvalue weighted by atomic mass is 9.49. The molecule has 0 amide bonds. The fraction of sp³-hybridized carbons (Fsp3) is 0.857. The van der Waals surface area contributed by atoms with Crippen LogP contribution < -0.4 is 0 Å². The van der Waals surface area contributed by atoms with Gasteiger partial charge in [-0.3, -0.25) is 0 Å². The van der Waals surface area contributed by atoms with Crippen molar-refractivity contribution >= 4 is 11.9 Å². The van der Waals surface area contributed by atoms with E-state index >= 15 is 0 Å². The number of esters is 1. The summed E-state index contributed by atoms with van der Waals surface area (Å²) >= 11 is 0. The molecule has 0 aliphatic heterocycles. The van der Waals surface area contributed by atoms with Crippen LogP contribution in [0, 0.1) is 23.7 Å². The fourth-order valence-electron chi connectivity index (χ4n) is 5.01. The highest BCUT2D eigenvalue weighted by molar-refractivity contribution is 6.28. The number of rotatable bonds is 2. The molecule has 0 heterocycles. The molecule has 4 heteroatoms. The summed E-state index contributed by atoms with van der Waals surface area (Å²) in [6.45, 7) is 2.03. The fourth-order valence-corrected chi connectivity index (χ4v) is 5.01. The summed E-state index contributed by atoms with van der Waals surface area (Å²) in [7, 11) is 0. The zero-order chi connectivity index (χ0) is 12.9. The molecule has 4 aliphatic rings. The number of carboxylic acids is 1. The monoisotopic (exact) mass is 252 g/mol. The Morgan fingerprint density at radius 3 is 2.00 bits per heavy atom. The molecular weight excluding hydrogens is 232 g/mol. The number of aliphatic carboxylic acids is 1. The molecule has 0 atom stereocenters. The van der Waals surface area contributed by atoms with E-state index in [0.29, 0.717) is 11.8 Å². The summed E-state index contributed by atoms with van der Waals surface area (Å²) < 4.78 is 5.49. The average Bonchev–Trinajstić information content (AvgIpc) is 2.32. The van der Waals surface area contributed by atoms with Gasteiger partial charge in [-0.05, 0) is 62.2 Å². The van der Waals surface area contributed by atoms with Crippen molar-refractivity contribution in [1.29, 1.82) is 0 Å². The Labute approximate surface area is 107 Å². The smallest absolute Gasteiger partial charge is 0.417 e. The Hall–Kier alpha value is -1.06. The highest BCUT2D eigenvalue weighted by atomic mass is 16.6. The third-order valence-electron chi connectivity index (χ3n) is 5.53. The molecule has 4 rings (SSSR count). The van der Waals surface area contributed by atoms with Crippen LogP contribution in [0.4, 0.5) is 0 Å². The van der Waals surface area contributed by atoms with Gasteiger partial charge < -0.3 is 9.84 Å². The molecule has 0 radical (unpaired) electrons.